The first-order valence-electron chi connectivity index (χ1n) is 8.38. The highest BCUT2D eigenvalue weighted by molar-refractivity contribution is 6.00. The Balaban J connectivity index is 1.53. The van der Waals surface area contributed by atoms with E-state index in [1.165, 1.54) is 0 Å². The molecule has 0 saturated heterocycles. The zero-order valence-electron chi connectivity index (χ0n) is 14.5. The van der Waals surface area contributed by atoms with Gasteiger partial charge in [0.2, 0.25) is 0 Å². The van der Waals surface area contributed by atoms with Crippen LogP contribution in [0.1, 0.15) is 12.5 Å². The second-order valence-corrected chi connectivity index (χ2v) is 6.08. The van der Waals surface area contributed by atoms with E-state index in [2.05, 4.69) is 15.5 Å². The maximum absolute atomic E-state index is 12.2. The lowest BCUT2D eigenvalue weighted by atomic mass is 10.1. The van der Waals surface area contributed by atoms with Crippen LogP contribution in [0.3, 0.4) is 0 Å². The second-order valence-electron chi connectivity index (χ2n) is 6.08. The molecule has 0 aliphatic rings. The molecule has 0 bridgehead atoms. The monoisotopic (exact) mass is 360 g/mol. The minimum absolute atomic E-state index is 0.0730. The van der Waals surface area contributed by atoms with E-state index in [4.69, 9.17) is 4.42 Å². The van der Waals surface area contributed by atoms with Gasteiger partial charge in [0, 0.05) is 5.39 Å². The van der Waals surface area contributed by atoms with Crippen molar-refractivity contribution in [3.05, 3.63) is 76.9 Å². The van der Waals surface area contributed by atoms with E-state index < -0.39 is 5.63 Å². The first kappa shape index (κ1) is 16.7. The Morgan fingerprint density at radius 1 is 1.19 bits per heavy atom. The third-order valence-electron chi connectivity index (χ3n) is 4.22. The van der Waals surface area contributed by atoms with E-state index in [0.29, 0.717) is 16.9 Å². The van der Waals surface area contributed by atoms with Gasteiger partial charge in [-0.15, -0.1) is 0 Å². The van der Waals surface area contributed by atoms with Gasteiger partial charge in [0.05, 0.1) is 28.6 Å². The molecule has 4 rings (SSSR count). The molecule has 0 spiro atoms. The fourth-order valence-corrected chi connectivity index (χ4v) is 2.85. The third-order valence-corrected chi connectivity index (χ3v) is 4.22. The molecule has 0 saturated carbocycles. The lowest BCUT2D eigenvalue weighted by Crippen LogP contribution is -2.25. The molecule has 1 amide bonds. The summed E-state index contributed by atoms with van der Waals surface area (Å²) in [7, 11) is 0. The van der Waals surface area contributed by atoms with Gasteiger partial charge in [0.25, 0.3) is 5.91 Å². The van der Waals surface area contributed by atoms with Crippen LogP contribution in [0.5, 0.6) is 0 Å². The van der Waals surface area contributed by atoms with Crippen LogP contribution in [0.2, 0.25) is 0 Å². The van der Waals surface area contributed by atoms with Crippen LogP contribution in [-0.4, -0.2) is 21.2 Å². The summed E-state index contributed by atoms with van der Waals surface area (Å²) >= 11 is 0. The molecule has 0 aliphatic heterocycles. The van der Waals surface area contributed by atoms with E-state index in [0.717, 1.165) is 16.4 Å². The molecule has 134 valence electrons. The summed E-state index contributed by atoms with van der Waals surface area (Å²) in [4.78, 5) is 28.6. The molecule has 2 aromatic heterocycles. The molecular weight excluding hydrogens is 344 g/mol. The molecule has 0 atom stereocenters. The number of hydrogen-bond acceptors (Lipinski definition) is 5. The SMILES string of the molecule is C/C(=N/NC(=O)Cn1cnc2ccccc21)c1cc2ccccc2oc1=O. The molecule has 27 heavy (non-hydrogen) atoms. The van der Waals surface area contributed by atoms with Gasteiger partial charge in [-0.05, 0) is 31.2 Å². The molecule has 0 radical (unpaired) electrons. The van der Waals surface area contributed by atoms with Crippen LogP contribution in [0.25, 0.3) is 22.0 Å². The van der Waals surface area contributed by atoms with Crippen molar-refractivity contribution in [2.75, 3.05) is 0 Å². The van der Waals surface area contributed by atoms with E-state index in [9.17, 15) is 9.59 Å². The fraction of sp³-hybridized carbons (Fsp3) is 0.100. The molecule has 2 aromatic carbocycles. The quantitative estimate of drug-likeness (QED) is 0.344. The molecule has 0 aliphatic carbocycles. The van der Waals surface area contributed by atoms with E-state index in [1.54, 1.807) is 36.0 Å². The zero-order valence-corrected chi connectivity index (χ0v) is 14.5. The summed E-state index contributed by atoms with van der Waals surface area (Å²) in [6.45, 7) is 1.72. The number of para-hydroxylation sites is 3. The lowest BCUT2D eigenvalue weighted by molar-refractivity contribution is -0.121. The molecule has 7 nitrogen and oxygen atoms in total. The summed E-state index contributed by atoms with van der Waals surface area (Å²) in [5.74, 6) is -0.317. The van der Waals surface area contributed by atoms with Crippen molar-refractivity contribution in [3.63, 3.8) is 0 Å². The number of carbonyl (C=O) groups is 1. The first-order chi connectivity index (χ1) is 13.1. The summed E-state index contributed by atoms with van der Waals surface area (Å²) in [6.07, 6.45) is 1.61. The number of aromatic nitrogens is 2. The molecular formula is C20H16N4O3. The summed E-state index contributed by atoms with van der Waals surface area (Å²) in [5, 5.41) is 4.84. The maximum atomic E-state index is 12.2. The molecule has 0 fully saturated rings. The summed E-state index contributed by atoms with van der Waals surface area (Å²) in [6, 6.07) is 16.5. The Kier molecular flexibility index (Phi) is 4.25. The van der Waals surface area contributed by atoms with Gasteiger partial charge < -0.3 is 8.98 Å². The largest absolute Gasteiger partial charge is 0.422 e. The van der Waals surface area contributed by atoms with Crippen LogP contribution in [0.4, 0.5) is 0 Å². The molecule has 4 aromatic rings. The number of hydrogen-bond donors (Lipinski definition) is 1. The number of amides is 1. The highest BCUT2D eigenvalue weighted by atomic mass is 16.4. The van der Waals surface area contributed by atoms with Crippen molar-refractivity contribution in [1.29, 1.82) is 0 Å². The van der Waals surface area contributed by atoms with Gasteiger partial charge in [-0.2, -0.15) is 5.10 Å². The molecule has 0 unspecified atom stereocenters. The molecule has 1 N–H and O–H groups in total. The topological polar surface area (TPSA) is 89.5 Å². The Morgan fingerprint density at radius 3 is 2.85 bits per heavy atom. The van der Waals surface area contributed by atoms with Crippen LogP contribution in [0, 0.1) is 0 Å². The van der Waals surface area contributed by atoms with Gasteiger partial charge in [0.15, 0.2) is 0 Å². The van der Waals surface area contributed by atoms with Gasteiger partial charge in [0.1, 0.15) is 12.1 Å². The van der Waals surface area contributed by atoms with Gasteiger partial charge in [-0.25, -0.2) is 15.2 Å². The van der Waals surface area contributed by atoms with Crippen molar-refractivity contribution < 1.29 is 9.21 Å². The second kappa shape index (κ2) is 6.87. The summed E-state index contributed by atoms with van der Waals surface area (Å²) < 4.78 is 7.03. The number of imidazole rings is 1. The number of benzene rings is 2. The predicted octanol–water partition coefficient (Wildman–Crippen LogP) is 2.68. The predicted molar refractivity (Wildman–Crippen MR) is 103 cm³/mol. The Morgan fingerprint density at radius 2 is 1.96 bits per heavy atom. The van der Waals surface area contributed by atoms with Crippen molar-refractivity contribution in [3.8, 4) is 0 Å². The highest BCUT2D eigenvalue weighted by Gasteiger charge is 2.10. The maximum Gasteiger partial charge on any atom is 0.345 e. The van der Waals surface area contributed by atoms with Crippen molar-refractivity contribution in [2.24, 2.45) is 5.10 Å². The van der Waals surface area contributed by atoms with Crippen molar-refractivity contribution in [2.45, 2.75) is 13.5 Å². The third kappa shape index (κ3) is 3.35. The number of hydrazone groups is 1. The average molecular weight is 360 g/mol. The van der Waals surface area contributed by atoms with Crippen molar-refractivity contribution in [1.82, 2.24) is 15.0 Å². The number of nitrogens with one attached hydrogen (secondary N) is 1. The molecule has 7 heteroatoms. The Labute approximate surface area is 153 Å². The Bertz CT molecular complexity index is 1240. The van der Waals surface area contributed by atoms with Crippen LogP contribution >= 0.6 is 0 Å². The average Bonchev–Trinajstić information content (AvgIpc) is 3.08. The lowest BCUT2D eigenvalue weighted by Gasteiger charge is -2.05. The van der Waals surface area contributed by atoms with E-state index in [-0.39, 0.29) is 12.5 Å². The van der Waals surface area contributed by atoms with Crippen LogP contribution in [-0.2, 0) is 11.3 Å². The van der Waals surface area contributed by atoms with Gasteiger partial charge in [-0.3, -0.25) is 4.79 Å². The Hall–Kier alpha value is -3.74. The first-order valence-corrected chi connectivity index (χ1v) is 8.38. The zero-order chi connectivity index (χ0) is 18.8. The van der Waals surface area contributed by atoms with Gasteiger partial charge >= 0.3 is 5.63 Å². The standard InChI is InChI=1S/C20H16N4O3/c1-13(15-10-14-6-2-5-9-18(14)27-20(15)26)22-23-19(25)11-24-12-21-16-7-3-4-8-17(16)24/h2-10,12H,11H2,1H3,(H,23,25)/b22-13-. The number of carbonyl (C=O) groups excluding carboxylic acids is 1. The van der Waals surface area contributed by atoms with Crippen molar-refractivity contribution >= 4 is 33.6 Å². The van der Waals surface area contributed by atoms with Crippen LogP contribution < -0.4 is 11.1 Å². The van der Waals surface area contributed by atoms with Gasteiger partial charge in [-0.1, -0.05) is 30.3 Å². The normalized spacial score (nSPS) is 11.8. The minimum Gasteiger partial charge on any atom is -0.422 e. The summed E-state index contributed by atoms with van der Waals surface area (Å²) in [5.41, 5.74) is 4.86. The highest BCUT2D eigenvalue weighted by Crippen LogP contribution is 2.13. The number of nitrogens with zero attached hydrogens (tertiary/aromatic N) is 3. The fourth-order valence-electron chi connectivity index (χ4n) is 2.85. The number of fused-ring (bicyclic) bond motifs is 2. The van der Waals surface area contributed by atoms with E-state index in [1.807, 2.05) is 36.4 Å². The molecule has 2 heterocycles. The minimum atomic E-state index is -0.496. The smallest absolute Gasteiger partial charge is 0.345 e. The van der Waals surface area contributed by atoms with E-state index >= 15 is 0 Å². The number of rotatable bonds is 4. The van der Waals surface area contributed by atoms with Crippen LogP contribution in [0.15, 0.2) is 75.2 Å².